The van der Waals surface area contributed by atoms with Crippen LogP contribution in [0.3, 0.4) is 0 Å². The van der Waals surface area contributed by atoms with E-state index in [2.05, 4.69) is 10.3 Å². The number of methoxy groups -OCH3 is 1. The third-order valence-corrected chi connectivity index (χ3v) is 3.40. The fourth-order valence-corrected chi connectivity index (χ4v) is 2.49. The van der Waals surface area contributed by atoms with Crippen molar-refractivity contribution in [2.75, 3.05) is 7.11 Å². The number of halogens is 1. The van der Waals surface area contributed by atoms with Gasteiger partial charge < -0.3 is 9.72 Å². The molecule has 1 aromatic carbocycles. The first-order valence-electron chi connectivity index (χ1n) is 5.80. The molecule has 1 aromatic heterocycles. The lowest BCUT2D eigenvalue weighted by atomic mass is 9.98. The number of aromatic amines is 1. The number of carbonyl (C=O) groups is 1. The molecule has 1 aliphatic rings. The lowest BCUT2D eigenvalue weighted by Crippen LogP contribution is -2.42. The van der Waals surface area contributed by atoms with Crippen molar-refractivity contribution < 1.29 is 13.9 Å². The van der Waals surface area contributed by atoms with Crippen LogP contribution in [0.4, 0.5) is 4.39 Å². The Kier molecular flexibility index (Phi) is 2.56. The normalized spacial score (nSPS) is 18.7. The third-order valence-electron chi connectivity index (χ3n) is 3.40. The summed E-state index contributed by atoms with van der Waals surface area (Å²) in [5.74, 6) is -0.553. The average Bonchev–Trinajstić information content (AvgIpc) is 2.77. The summed E-state index contributed by atoms with van der Waals surface area (Å²) < 4.78 is 18.4. The lowest BCUT2D eigenvalue weighted by molar-refractivity contribution is -0.143. The van der Waals surface area contributed by atoms with Crippen molar-refractivity contribution in [3.63, 3.8) is 0 Å². The van der Waals surface area contributed by atoms with Gasteiger partial charge in [-0.25, -0.2) is 4.39 Å². The van der Waals surface area contributed by atoms with E-state index in [1.54, 1.807) is 6.07 Å². The summed E-state index contributed by atoms with van der Waals surface area (Å²) in [5.41, 5.74) is 2.45. The predicted molar refractivity (Wildman–Crippen MR) is 64.6 cm³/mol. The number of fused-ring (bicyclic) bond motifs is 3. The van der Waals surface area contributed by atoms with Crippen LogP contribution in [0, 0.1) is 5.82 Å². The number of carbonyl (C=O) groups excluding carboxylic acids is 1. The molecule has 0 radical (unpaired) electrons. The van der Waals surface area contributed by atoms with E-state index in [1.165, 1.54) is 13.2 Å². The molecule has 2 N–H and O–H groups in total. The Labute approximate surface area is 103 Å². The summed E-state index contributed by atoms with van der Waals surface area (Å²) in [5, 5.41) is 3.93. The van der Waals surface area contributed by atoms with Crippen LogP contribution in [0.5, 0.6) is 0 Å². The van der Waals surface area contributed by atoms with Gasteiger partial charge in [-0.1, -0.05) is 12.1 Å². The summed E-state index contributed by atoms with van der Waals surface area (Å²) in [6.45, 7) is 0.517. The van der Waals surface area contributed by atoms with Crippen molar-refractivity contribution >= 4 is 16.9 Å². The van der Waals surface area contributed by atoms with Crippen LogP contribution < -0.4 is 5.32 Å². The Bertz CT molecular complexity index is 621. The van der Waals surface area contributed by atoms with E-state index in [9.17, 15) is 9.18 Å². The molecule has 0 unspecified atom stereocenters. The number of esters is 1. The van der Waals surface area contributed by atoms with Crippen LogP contribution >= 0.6 is 0 Å². The Morgan fingerprint density at radius 3 is 3.11 bits per heavy atom. The highest BCUT2D eigenvalue weighted by atomic mass is 19.1. The summed E-state index contributed by atoms with van der Waals surface area (Å²) in [4.78, 5) is 14.6. The first-order valence-corrected chi connectivity index (χ1v) is 5.80. The van der Waals surface area contributed by atoms with E-state index >= 15 is 0 Å². The molecule has 1 aliphatic heterocycles. The van der Waals surface area contributed by atoms with E-state index in [1.807, 2.05) is 6.07 Å². The largest absolute Gasteiger partial charge is 0.468 e. The molecular formula is C13H13FN2O2. The number of H-pyrrole nitrogens is 1. The summed E-state index contributed by atoms with van der Waals surface area (Å²) >= 11 is 0. The van der Waals surface area contributed by atoms with Gasteiger partial charge >= 0.3 is 5.97 Å². The standard InChI is InChI=1S/C13H13FN2O2/c1-18-13(17)10-5-8-7-3-2-4-9(14)12(7)16-11(8)6-15-10/h2-4,10,15-16H,5-6H2,1H3/t10-/m0/s1. The van der Waals surface area contributed by atoms with Gasteiger partial charge in [-0.2, -0.15) is 0 Å². The number of ether oxygens (including phenoxy) is 1. The molecule has 94 valence electrons. The molecular weight excluding hydrogens is 235 g/mol. The molecule has 0 bridgehead atoms. The zero-order chi connectivity index (χ0) is 12.7. The molecule has 5 heteroatoms. The van der Waals surface area contributed by atoms with Crippen LogP contribution in [0.15, 0.2) is 18.2 Å². The van der Waals surface area contributed by atoms with Crippen molar-refractivity contribution in [2.24, 2.45) is 0 Å². The molecule has 1 atom stereocenters. The molecule has 2 heterocycles. The van der Waals surface area contributed by atoms with Crippen LogP contribution in [0.25, 0.3) is 10.9 Å². The number of benzene rings is 1. The molecule has 0 amide bonds. The second-order valence-corrected chi connectivity index (χ2v) is 4.41. The minimum Gasteiger partial charge on any atom is -0.468 e. The average molecular weight is 248 g/mol. The maximum atomic E-state index is 13.7. The molecule has 0 saturated carbocycles. The van der Waals surface area contributed by atoms with Gasteiger partial charge in [0.15, 0.2) is 0 Å². The monoisotopic (exact) mass is 248 g/mol. The van der Waals surface area contributed by atoms with Crippen molar-refractivity contribution in [2.45, 2.75) is 19.0 Å². The van der Waals surface area contributed by atoms with E-state index in [0.717, 1.165) is 16.6 Å². The molecule has 4 nitrogen and oxygen atoms in total. The van der Waals surface area contributed by atoms with Crippen LogP contribution in [-0.2, 0) is 22.5 Å². The van der Waals surface area contributed by atoms with E-state index in [4.69, 9.17) is 4.74 Å². The Balaban J connectivity index is 2.07. The van der Waals surface area contributed by atoms with Crippen molar-refractivity contribution in [1.29, 1.82) is 0 Å². The Hall–Kier alpha value is -1.88. The van der Waals surface area contributed by atoms with Gasteiger partial charge in [0.1, 0.15) is 11.9 Å². The highest BCUT2D eigenvalue weighted by molar-refractivity contribution is 5.87. The minimum atomic E-state index is -0.357. The van der Waals surface area contributed by atoms with Crippen molar-refractivity contribution in [3.8, 4) is 0 Å². The maximum absolute atomic E-state index is 13.7. The van der Waals surface area contributed by atoms with Gasteiger partial charge in [-0.05, 0) is 11.6 Å². The fourth-order valence-electron chi connectivity index (χ4n) is 2.49. The number of hydrogen-bond acceptors (Lipinski definition) is 3. The smallest absolute Gasteiger partial charge is 0.323 e. The SMILES string of the molecule is COC(=O)[C@@H]1Cc2c([nH]c3c(F)cccc23)CN1. The van der Waals surface area contributed by atoms with Gasteiger partial charge in [0.2, 0.25) is 0 Å². The molecule has 0 fully saturated rings. The Morgan fingerprint density at radius 2 is 2.33 bits per heavy atom. The van der Waals surface area contributed by atoms with Crippen molar-refractivity contribution in [3.05, 3.63) is 35.3 Å². The fraction of sp³-hybridized carbons (Fsp3) is 0.308. The molecule has 0 spiro atoms. The first-order chi connectivity index (χ1) is 8.70. The van der Waals surface area contributed by atoms with Gasteiger partial charge in [-0.15, -0.1) is 0 Å². The molecule has 3 rings (SSSR count). The number of hydrogen-bond donors (Lipinski definition) is 2. The van der Waals surface area contributed by atoms with E-state index in [0.29, 0.717) is 18.5 Å². The second kappa shape index (κ2) is 4.10. The van der Waals surface area contributed by atoms with Gasteiger partial charge in [0.05, 0.1) is 12.6 Å². The van der Waals surface area contributed by atoms with Crippen LogP contribution in [0.1, 0.15) is 11.3 Å². The van der Waals surface area contributed by atoms with E-state index in [-0.39, 0.29) is 17.8 Å². The van der Waals surface area contributed by atoms with Crippen LogP contribution in [0.2, 0.25) is 0 Å². The second-order valence-electron chi connectivity index (χ2n) is 4.41. The summed E-state index contributed by atoms with van der Waals surface area (Å²) in [6, 6.07) is 4.62. The minimum absolute atomic E-state index is 0.267. The quantitative estimate of drug-likeness (QED) is 0.752. The Morgan fingerprint density at radius 1 is 1.50 bits per heavy atom. The van der Waals surface area contributed by atoms with E-state index < -0.39 is 0 Å². The zero-order valence-electron chi connectivity index (χ0n) is 9.92. The number of nitrogens with one attached hydrogen (secondary N) is 2. The van der Waals surface area contributed by atoms with Crippen molar-refractivity contribution in [1.82, 2.24) is 10.3 Å². The molecule has 0 saturated heterocycles. The number of para-hydroxylation sites is 1. The first kappa shape index (κ1) is 11.2. The molecule has 18 heavy (non-hydrogen) atoms. The molecule has 2 aromatic rings. The zero-order valence-corrected chi connectivity index (χ0v) is 9.92. The topological polar surface area (TPSA) is 54.1 Å². The van der Waals surface area contributed by atoms with Gasteiger partial charge in [0, 0.05) is 24.0 Å². The third kappa shape index (κ3) is 1.59. The summed E-state index contributed by atoms with van der Waals surface area (Å²) in [6.07, 6.45) is 0.519. The highest BCUT2D eigenvalue weighted by Gasteiger charge is 2.27. The number of rotatable bonds is 1. The van der Waals surface area contributed by atoms with Gasteiger partial charge in [-0.3, -0.25) is 10.1 Å². The predicted octanol–water partition coefficient (Wildman–Crippen LogP) is 1.49. The maximum Gasteiger partial charge on any atom is 0.323 e. The van der Waals surface area contributed by atoms with Crippen LogP contribution in [-0.4, -0.2) is 24.1 Å². The summed E-state index contributed by atoms with van der Waals surface area (Å²) in [7, 11) is 1.37. The van der Waals surface area contributed by atoms with Gasteiger partial charge in [0.25, 0.3) is 0 Å². The lowest BCUT2D eigenvalue weighted by Gasteiger charge is -2.21. The highest BCUT2D eigenvalue weighted by Crippen LogP contribution is 2.28. The molecule has 0 aliphatic carbocycles. The number of aromatic nitrogens is 1.